The molecule has 2 N–H and O–H groups in total. The maximum Gasteiger partial charge on any atom is 0.435 e. The van der Waals surface area contributed by atoms with E-state index in [2.05, 4.69) is 20.8 Å². The third-order valence-electron chi connectivity index (χ3n) is 10.6. The van der Waals surface area contributed by atoms with Crippen LogP contribution in [0.2, 0.25) is 20.1 Å². The Hall–Kier alpha value is -3.54. The highest BCUT2D eigenvalue weighted by Crippen LogP contribution is 2.51. The number of nitrogens with one attached hydrogen (secondary N) is 2. The van der Waals surface area contributed by atoms with Gasteiger partial charge in [0.1, 0.15) is 0 Å². The summed E-state index contributed by atoms with van der Waals surface area (Å²) in [6.07, 6.45) is -7.66. The summed E-state index contributed by atoms with van der Waals surface area (Å²) < 4.78 is 92.5. The number of halogens is 10. The lowest BCUT2D eigenvalue weighted by atomic mass is 9.76. The number of benzene rings is 2. The first-order chi connectivity index (χ1) is 26.3. The number of hydrogen-bond acceptors (Lipinski definition) is 6. The van der Waals surface area contributed by atoms with Crippen molar-refractivity contribution in [2.75, 3.05) is 10.6 Å². The smallest absolute Gasteiger partial charge is 0.373 e. The van der Waals surface area contributed by atoms with Gasteiger partial charge in [-0.25, -0.2) is 0 Å². The molecule has 4 aliphatic rings. The van der Waals surface area contributed by atoms with Gasteiger partial charge in [0.2, 0.25) is 11.8 Å². The van der Waals surface area contributed by atoms with E-state index in [1.54, 1.807) is 24.3 Å². The van der Waals surface area contributed by atoms with Crippen molar-refractivity contribution in [2.45, 2.75) is 89.1 Å². The van der Waals surface area contributed by atoms with Gasteiger partial charge in [0.25, 0.3) is 0 Å². The lowest BCUT2D eigenvalue weighted by molar-refractivity contribution is -0.142. The molecule has 4 aromatic rings. The molecule has 58 heavy (non-hydrogen) atoms. The molecule has 2 aromatic carbocycles. The fraction of sp³-hybridized carbons (Fsp3) is 0.474. The fourth-order valence-corrected chi connectivity index (χ4v) is 8.83. The molecule has 8 atom stereocenters. The first-order valence-corrected chi connectivity index (χ1v) is 18.9. The van der Waals surface area contributed by atoms with Gasteiger partial charge in [-0.1, -0.05) is 61.3 Å². The lowest BCUT2D eigenvalue weighted by Crippen LogP contribution is -2.36. The van der Waals surface area contributed by atoms with Gasteiger partial charge in [-0.05, 0) is 74.2 Å². The van der Waals surface area contributed by atoms with Crippen LogP contribution < -0.4 is 10.6 Å². The molecular formula is C38H40Cl4F6N6O4. The lowest BCUT2D eigenvalue weighted by Gasteiger charge is -2.27. The quantitative estimate of drug-likeness (QED) is 0.186. The summed E-state index contributed by atoms with van der Waals surface area (Å²) in [5, 5.41) is 14.0. The molecule has 2 amide bonds. The van der Waals surface area contributed by atoms with Crippen LogP contribution >= 0.6 is 46.4 Å². The van der Waals surface area contributed by atoms with E-state index in [-0.39, 0.29) is 51.1 Å². The first-order valence-electron chi connectivity index (χ1n) is 17.3. The number of anilines is 2. The zero-order valence-electron chi connectivity index (χ0n) is 29.3. The Balaban J connectivity index is 0.000000214. The van der Waals surface area contributed by atoms with Gasteiger partial charge in [0.05, 0.1) is 56.3 Å². The number of nitrogens with zero attached hydrogens (tertiary/aromatic N) is 4. The Morgan fingerprint density at radius 3 is 1.26 bits per heavy atom. The summed E-state index contributed by atoms with van der Waals surface area (Å²) in [6.45, 7) is 0. The summed E-state index contributed by atoms with van der Waals surface area (Å²) in [7, 11) is 2.90. The molecule has 316 valence electrons. The van der Waals surface area contributed by atoms with Crippen molar-refractivity contribution in [3.05, 3.63) is 91.4 Å². The Kier molecular flexibility index (Phi) is 13.5. The van der Waals surface area contributed by atoms with Crippen molar-refractivity contribution >= 4 is 69.6 Å². The molecule has 2 aromatic heterocycles. The number of fused-ring (bicyclic) bond motifs is 4. The van der Waals surface area contributed by atoms with E-state index in [1.165, 1.54) is 35.6 Å². The predicted molar refractivity (Wildman–Crippen MR) is 208 cm³/mol. The van der Waals surface area contributed by atoms with Crippen molar-refractivity contribution in [1.82, 2.24) is 19.6 Å². The molecular weight excluding hydrogens is 860 g/mol. The largest absolute Gasteiger partial charge is 0.435 e. The molecule has 6 heterocycles. The zero-order valence-corrected chi connectivity index (χ0v) is 32.3. The number of carbonyl (C=O) groups is 2. The molecule has 4 saturated heterocycles. The van der Waals surface area contributed by atoms with Crippen LogP contribution in [0.25, 0.3) is 0 Å². The van der Waals surface area contributed by atoms with E-state index in [0.717, 1.165) is 12.1 Å². The van der Waals surface area contributed by atoms with E-state index in [9.17, 15) is 35.9 Å². The summed E-state index contributed by atoms with van der Waals surface area (Å²) >= 11 is 23.7. The summed E-state index contributed by atoms with van der Waals surface area (Å²) in [6, 6.07) is 11.4. The zero-order chi connectivity index (χ0) is 40.4. The van der Waals surface area contributed by atoms with Crippen molar-refractivity contribution in [1.29, 1.82) is 0 Å². The van der Waals surface area contributed by atoms with Crippen molar-refractivity contribution < 1.29 is 45.4 Å². The minimum atomic E-state index is -4.55. The van der Waals surface area contributed by atoms with Crippen molar-refractivity contribution in [3.63, 3.8) is 0 Å². The monoisotopic (exact) mass is 898 g/mol. The van der Waals surface area contributed by atoms with E-state index in [4.69, 9.17) is 55.9 Å². The van der Waals surface area contributed by atoms with Gasteiger partial charge in [-0.15, -0.1) is 0 Å². The van der Waals surface area contributed by atoms with Crippen LogP contribution in [-0.2, 0) is 45.5 Å². The van der Waals surface area contributed by atoms with E-state index in [0.29, 0.717) is 68.5 Å². The number of aromatic nitrogens is 4. The van der Waals surface area contributed by atoms with Gasteiger partial charge in [0.15, 0.2) is 11.4 Å². The van der Waals surface area contributed by atoms with Gasteiger partial charge < -0.3 is 20.1 Å². The highest BCUT2D eigenvalue weighted by atomic mass is 35.5. The van der Waals surface area contributed by atoms with Gasteiger partial charge in [-0.2, -0.15) is 36.5 Å². The van der Waals surface area contributed by atoms with Gasteiger partial charge >= 0.3 is 12.4 Å². The fourth-order valence-electron chi connectivity index (χ4n) is 8.24. The first kappa shape index (κ1) is 45.5. The number of ether oxygens (including phenoxy) is 2. The average Bonchev–Trinajstić information content (AvgIpc) is 3.97. The number of alkyl halides is 6. The molecule has 0 aliphatic carbocycles. The average molecular weight is 901 g/mol. The Morgan fingerprint density at radius 1 is 0.603 bits per heavy atom. The van der Waals surface area contributed by atoms with Crippen molar-refractivity contribution in [2.24, 2.45) is 25.9 Å². The standard InChI is InChI=1S/2C18H16Cl2F3N3O2.2CH4/c2*1-26-11(7-14(25-26)18(21,22)23)15-12-4-5-13(28-12)16(15)17(27)24-8-2-3-9(19)10(20)6-8;;/h2*2-3,6-7,12-13,15-16H,4-5H2,1H3,(H,24,27);2*1H4/t12-,13+,15+,16+;12-,13+,15+,16-;;/m00../s1. The van der Waals surface area contributed by atoms with Crippen LogP contribution in [0.4, 0.5) is 37.7 Å². The molecule has 4 fully saturated rings. The van der Waals surface area contributed by atoms with Crippen LogP contribution in [0.1, 0.15) is 75.1 Å². The molecule has 0 unspecified atom stereocenters. The summed E-state index contributed by atoms with van der Waals surface area (Å²) in [4.78, 5) is 26.0. The second kappa shape index (κ2) is 17.2. The third kappa shape index (κ3) is 8.97. The van der Waals surface area contributed by atoms with E-state index < -0.39 is 47.4 Å². The topological polar surface area (TPSA) is 112 Å². The molecule has 20 heteroatoms. The van der Waals surface area contributed by atoms with Gasteiger partial charge in [-0.3, -0.25) is 19.0 Å². The van der Waals surface area contributed by atoms with Crippen LogP contribution in [0.15, 0.2) is 48.5 Å². The van der Waals surface area contributed by atoms with Crippen molar-refractivity contribution in [3.8, 4) is 0 Å². The molecule has 0 radical (unpaired) electrons. The Labute approximate surface area is 350 Å². The minimum absolute atomic E-state index is 0. The van der Waals surface area contributed by atoms with Crippen LogP contribution in [-0.4, -0.2) is 55.8 Å². The molecule has 10 nitrogen and oxygen atoms in total. The second-order valence-electron chi connectivity index (χ2n) is 14.1. The maximum atomic E-state index is 13.1. The maximum absolute atomic E-state index is 13.1. The number of rotatable bonds is 6. The van der Waals surface area contributed by atoms with Crippen LogP contribution in [0.5, 0.6) is 0 Å². The van der Waals surface area contributed by atoms with E-state index >= 15 is 0 Å². The Morgan fingerprint density at radius 2 is 0.948 bits per heavy atom. The molecule has 4 bridgehead atoms. The van der Waals surface area contributed by atoms with Crippen LogP contribution in [0.3, 0.4) is 0 Å². The predicted octanol–water partition coefficient (Wildman–Crippen LogP) is 10.6. The molecule has 0 saturated carbocycles. The van der Waals surface area contributed by atoms with Crippen LogP contribution in [0, 0.1) is 11.8 Å². The third-order valence-corrected chi connectivity index (χ3v) is 12.1. The number of carbonyl (C=O) groups excluding carboxylic acids is 2. The van der Waals surface area contributed by atoms with Gasteiger partial charge in [0, 0.05) is 48.7 Å². The second-order valence-corrected chi connectivity index (χ2v) is 15.7. The highest BCUT2D eigenvalue weighted by Gasteiger charge is 2.55. The molecule has 4 aliphatic heterocycles. The SMILES string of the molecule is C.C.Cn1nc(C(F)(F)F)cc1[C@H]1[C@@H](C(=O)Nc2ccc(Cl)c(Cl)c2)[C@H]2CC[C@@H]1O2.Cn1nc(C(F)(F)F)cc1[C@H]1[C@H](C(=O)Nc2ccc(Cl)c(Cl)c2)[C@H]2CC[C@@H]1O2. The molecule has 8 rings (SSSR count). The highest BCUT2D eigenvalue weighted by molar-refractivity contribution is 6.42. The number of amides is 2. The van der Waals surface area contributed by atoms with E-state index in [1.807, 2.05) is 0 Å². The summed E-state index contributed by atoms with van der Waals surface area (Å²) in [5.74, 6) is -2.91. The molecule has 0 spiro atoms. The number of aryl methyl sites for hydroxylation is 2. The minimum Gasteiger partial charge on any atom is -0.373 e. The Bertz CT molecular complexity index is 2010. The normalized spacial score (nSPS) is 25.7. The summed E-state index contributed by atoms with van der Waals surface area (Å²) in [5.41, 5.74) is -0.348. The number of hydrogen-bond donors (Lipinski definition) is 2.